The minimum Gasteiger partial charge on any atom is -0.457 e. The maximum Gasteiger partial charge on any atom is 0.188 e. The van der Waals surface area contributed by atoms with Crippen LogP contribution in [0.15, 0.2) is 146 Å². The third kappa shape index (κ3) is 3.49. The summed E-state index contributed by atoms with van der Waals surface area (Å²) in [5.74, 6) is 1.77. The Labute approximate surface area is 268 Å². The summed E-state index contributed by atoms with van der Waals surface area (Å²) in [5.41, 5.74) is 8.91. The van der Waals surface area contributed by atoms with Crippen LogP contribution in [-0.2, 0) is 5.41 Å². The fraction of sp³-hybridized carbons (Fsp3) is 0.0244. The molecule has 1 spiro atoms. The molecule has 0 amide bonds. The van der Waals surface area contributed by atoms with Crippen molar-refractivity contribution in [3.8, 4) is 43.9 Å². The van der Waals surface area contributed by atoms with Gasteiger partial charge in [0, 0.05) is 42.4 Å². The zero-order valence-corrected chi connectivity index (χ0v) is 25.6. The first-order valence-corrected chi connectivity index (χ1v) is 16.7. The Hall–Kier alpha value is -5.16. The van der Waals surface area contributed by atoms with E-state index in [-0.39, 0.29) is 0 Å². The molecule has 0 saturated carbocycles. The number of fused-ring (bicyclic) bond motifs is 12. The standard InChI is InChI=1S/C41H24O2S2/c1-3-11-25(12-4-1)27-19-21-29-35(23-27)44-39-37(29)41(31-15-7-9-17-33(31)42-34-18-10-8-16-32(34)41)38-30-22-20-28(26-13-5-2-6-14-26)24-36(30)45-40(38)43-39/h1-24H. The van der Waals surface area contributed by atoms with E-state index < -0.39 is 5.41 Å². The predicted molar refractivity (Wildman–Crippen MR) is 187 cm³/mol. The third-order valence-corrected chi connectivity index (χ3v) is 11.3. The zero-order valence-electron chi connectivity index (χ0n) is 24.0. The fourth-order valence-corrected chi connectivity index (χ4v) is 9.73. The highest BCUT2D eigenvalue weighted by Crippen LogP contribution is 2.67. The van der Waals surface area contributed by atoms with E-state index in [1.54, 1.807) is 22.7 Å². The van der Waals surface area contributed by atoms with Gasteiger partial charge in [-0.1, -0.05) is 144 Å². The van der Waals surface area contributed by atoms with Gasteiger partial charge in [0.2, 0.25) is 0 Å². The van der Waals surface area contributed by atoms with E-state index in [0.29, 0.717) is 0 Å². The monoisotopic (exact) mass is 612 g/mol. The Morgan fingerprint density at radius 1 is 0.400 bits per heavy atom. The molecule has 4 heterocycles. The lowest BCUT2D eigenvalue weighted by atomic mass is 9.62. The molecule has 6 aromatic carbocycles. The highest BCUT2D eigenvalue weighted by Gasteiger charge is 2.53. The van der Waals surface area contributed by atoms with Crippen LogP contribution in [0.3, 0.4) is 0 Å². The lowest BCUT2D eigenvalue weighted by Gasteiger charge is -2.43. The smallest absolute Gasteiger partial charge is 0.188 e. The van der Waals surface area contributed by atoms with E-state index >= 15 is 0 Å². The molecular formula is C41H24O2S2. The van der Waals surface area contributed by atoms with Crippen molar-refractivity contribution in [3.63, 3.8) is 0 Å². The summed E-state index contributed by atoms with van der Waals surface area (Å²) >= 11 is 3.49. The molecule has 0 unspecified atom stereocenters. The molecule has 0 saturated heterocycles. The number of hydrogen-bond acceptors (Lipinski definition) is 4. The molecule has 0 radical (unpaired) electrons. The van der Waals surface area contributed by atoms with Crippen molar-refractivity contribution in [1.29, 1.82) is 0 Å². The van der Waals surface area contributed by atoms with Crippen molar-refractivity contribution in [2.45, 2.75) is 5.41 Å². The summed E-state index contributed by atoms with van der Waals surface area (Å²) in [6, 6.07) is 52.0. The molecule has 2 aliphatic heterocycles. The van der Waals surface area contributed by atoms with Crippen LogP contribution in [0, 0.1) is 0 Å². The van der Waals surface area contributed by atoms with Gasteiger partial charge in [-0.05, 0) is 46.5 Å². The van der Waals surface area contributed by atoms with E-state index in [9.17, 15) is 0 Å². The summed E-state index contributed by atoms with van der Waals surface area (Å²) < 4.78 is 16.1. The first-order chi connectivity index (χ1) is 22.3. The van der Waals surface area contributed by atoms with Crippen molar-refractivity contribution in [2.24, 2.45) is 0 Å². The van der Waals surface area contributed by atoms with Crippen LogP contribution < -0.4 is 9.47 Å². The molecule has 0 N–H and O–H groups in total. The summed E-state index contributed by atoms with van der Waals surface area (Å²) in [6.07, 6.45) is 0. The van der Waals surface area contributed by atoms with Gasteiger partial charge >= 0.3 is 0 Å². The van der Waals surface area contributed by atoms with Gasteiger partial charge in [-0.15, -0.1) is 0 Å². The van der Waals surface area contributed by atoms with Crippen LogP contribution in [0.1, 0.15) is 22.3 Å². The second kappa shape index (κ2) is 9.42. The van der Waals surface area contributed by atoms with Gasteiger partial charge in [-0.2, -0.15) is 0 Å². The maximum absolute atomic E-state index is 6.99. The highest BCUT2D eigenvalue weighted by molar-refractivity contribution is 7.22. The van der Waals surface area contributed by atoms with Crippen LogP contribution in [0.5, 0.6) is 21.6 Å². The van der Waals surface area contributed by atoms with Crippen molar-refractivity contribution in [1.82, 2.24) is 0 Å². The third-order valence-electron chi connectivity index (χ3n) is 9.27. The molecular weight excluding hydrogens is 589 g/mol. The van der Waals surface area contributed by atoms with Gasteiger partial charge < -0.3 is 9.47 Å². The molecule has 45 heavy (non-hydrogen) atoms. The van der Waals surface area contributed by atoms with Gasteiger partial charge in [0.25, 0.3) is 0 Å². The van der Waals surface area contributed by atoms with E-state index in [0.717, 1.165) is 32.8 Å². The van der Waals surface area contributed by atoms with Crippen LogP contribution in [-0.4, -0.2) is 0 Å². The lowest BCUT2D eigenvalue weighted by molar-refractivity contribution is 0.413. The Kier molecular flexibility index (Phi) is 5.27. The summed E-state index contributed by atoms with van der Waals surface area (Å²) in [4.78, 5) is 0. The Morgan fingerprint density at radius 3 is 1.33 bits per heavy atom. The average molecular weight is 613 g/mol. The van der Waals surface area contributed by atoms with Crippen molar-refractivity contribution >= 4 is 42.8 Å². The minimum absolute atomic E-state index is 0.618. The number of benzene rings is 6. The highest BCUT2D eigenvalue weighted by atomic mass is 32.1. The lowest BCUT2D eigenvalue weighted by Crippen LogP contribution is -2.36. The number of thiophene rings is 2. The molecule has 2 nitrogen and oxygen atoms in total. The SMILES string of the molecule is c1ccc(-c2ccc3c4c(sc3c2)Oc2sc3cc(-c5ccccc5)ccc3c2C42c3ccccc3Oc3ccccc32)cc1. The predicted octanol–water partition coefficient (Wildman–Crippen LogP) is 12.0. The van der Waals surface area contributed by atoms with Gasteiger partial charge in [0.05, 0.1) is 5.41 Å². The molecule has 212 valence electrons. The molecule has 10 rings (SSSR count). The Morgan fingerprint density at radius 2 is 0.844 bits per heavy atom. The van der Waals surface area contributed by atoms with E-state index in [1.165, 1.54) is 53.6 Å². The van der Waals surface area contributed by atoms with Crippen LogP contribution in [0.4, 0.5) is 0 Å². The molecule has 0 atom stereocenters. The number of hydrogen-bond donors (Lipinski definition) is 0. The van der Waals surface area contributed by atoms with Crippen LogP contribution in [0.25, 0.3) is 42.4 Å². The van der Waals surface area contributed by atoms with Crippen molar-refractivity contribution < 1.29 is 9.47 Å². The second-order valence-corrected chi connectivity index (χ2v) is 13.7. The molecule has 0 aliphatic carbocycles. The second-order valence-electron chi connectivity index (χ2n) is 11.6. The first-order valence-electron chi connectivity index (χ1n) is 15.1. The number of para-hydroxylation sites is 2. The van der Waals surface area contributed by atoms with Crippen LogP contribution >= 0.6 is 22.7 Å². The molecule has 0 bridgehead atoms. The maximum atomic E-state index is 6.99. The van der Waals surface area contributed by atoms with Gasteiger partial charge in [-0.25, -0.2) is 0 Å². The Balaban J connectivity index is 1.32. The zero-order chi connectivity index (χ0) is 29.5. The summed E-state index contributed by atoms with van der Waals surface area (Å²) in [6.45, 7) is 0. The summed E-state index contributed by atoms with van der Waals surface area (Å²) in [5, 5.41) is 4.33. The van der Waals surface area contributed by atoms with Gasteiger partial charge in [0.15, 0.2) is 10.1 Å². The first kappa shape index (κ1) is 25.2. The van der Waals surface area contributed by atoms with E-state index in [4.69, 9.17) is 9.47 Å². The Bertz CT molecular complexity index is 2270. The van der Waals surface area contributed by atoms with Crippen molar-refractivity contribution in [2.75, 3.05) is 0 Å². The topological polar surface area (TPSA) is 18.5 Å². The quantitative estimate of drug-likeness (QED) is 0.193. The van der Waals surface area contributed by atoms with E-state index in [1.807, 2.05) is 0 Å². The average Bonchev–Trinajstić information content (AvgIpc) is 3.66. The molecule has 2 aliphatic rings. The number of ether oxygens (including phenoxy) is 2. The fourth-order valence-electron chi connectivity index (χ4n) is 7.36. The summed E-state index contributed by atoms with van der Waals surface area (Å²) in [7, 11) is 0. The normalized spacial score (nSPS) is 13.9. The molecule has 2 aromatic heterocycles. The van der Waals surface area contributed by atoms with Gasteiger partial charge in [0.1, 0.15) is 11.5 Å². The van der Waals surface area contributed by atoms with Crippen molar-refractivity contribution in [3.05, 3.63) is 168 Å². The number of rotatable bonds is 2. The van der Waals surface area contributed by atoms with Gasteiger partial charge in [-0.3, -0.25) is 0 Å². The van der Waals surface area contributed by atoms with E-state index in [2.05, 4.69) is 146 Å². The molecule has 0 fully saturated rings. The molecule has 8 aromatic rings. The minimum atomic E-state index is -0.618. The van der Waals surface area contributed by atoms with Crippen LogP contribution in [0.2, 0.25) is 0 Å². The largest absolute Gasteiger partial charge is 0.457 e. The molecule has 4 heteroatoms.